The predicted octanol–water partition coefficient (Wildman–Crippen LogP) is 2.54. The van der Waals surface area contributed by atoms with Crippen molar-refractivity contribution in [2.24, 2.45) is 0 Å². The molecule has 3 N–H and O–H groups in total. The average Bonchev–Trinajstić information content (AvgIpc) is 2.63. The van der Waals surface area contributed by atoms with Gasteiger partial charge in [0, 0.05) is 25.0 Å². The van der Waals surface area contributed by atoms with Gasteiger partial charge in [0.1, 0.15) is 17.4 Å². The Bertz CT molecular complexity index is 826. The molecule has 0 bridgehead atoms. The Morgan fingerprint density at radius 1 is 1.27 bits per heavy atom. The van der Waals surface area contributed by atoms with Crippen LogP contribution >= 0.6 is 0 Å². The van der Waals surface area contributed by atoms with E-state index in [9.17, 15) is 20.3 Å². The fraction of sp³-hybridized carbons (Fsp3) is 0.200. The van der Waals surface area contributed by atoms with Crippen molar-refractivity contribution in [2.75, 3.05) is 18.5 Å². The maximum absolute atomic E-state index is 12.4. The number of nitrogens with zero attached hydrogens (tertiary/aromatic N) is 2. The van der Waals surface area contributed by atoms with Gasteiger partial charge in [-0.05, 0) is 36.2 Å². The van der Waals surface area contributed by atoms with E-state index in [1.807, 2.05) is 36.4 Å². The lowest BCUT2D eigenvalue weighted by atomic mass is 10.1. The number of aromatic hydroxyl groups is 1. The molecule has 2 aromatic carbocycles. The number of phenols is 1. The van der Waals surface area contributed by atoms with Crippen LogP contribution < -0.4 is 5.32 Å². The first kappa shape index (κ1) is 19.0. The monoisotopic (exact) mass is 351 g/mol. The van der Waals surface area contributed by atoms with Gasteiger partial charge in [0.05, 0.1) is 6.61 Å². The van der Waals surface area contributed by atoms with Gasteiger partial charge in [-0.3, -0.25) is 4.79 Å². The molecule has 0 aliphatic rings. The molecule has 0 saturated heterocycles. The third-order valence-electron chi connectivity index (χ3n) is 3.75. The summed E-state index contributed by atoms with van der Waals surface area (Å²) < 4.78 is 0. The van der Waals surface area contributed by atoms with Gasteiger partial charge >= 0.3 is 0 Å². The molecule has 0 radical (unpaired) electrons. The molecule has 0 aliphatic heterocycles. The summed E-state index contributed by atoms with van der Waals surface area (Å²) in [6, 6.07) is 16.1. The Morgan fingerprint density at radius 2 is 2.00 bits per heavy atom. The van der Waals surface area contributed by atoms with Crippen molar-refractivity contribution in [3.8, 4) is 11.8 Å². The lowest BCUT2D eigenvalue weighted by Crippen LogP contribution is -2.24. The minimum absolute atomic E-state index is 0.0677. The van der Waals surface area contributed by atoms with Gasteiger partial charge < -0.3 is 20.4 Å². The SMILES string of the molecule is Cc1cc(O)ccc1NC(=O)/C(C#N)=C\N(CCO)Cc1ccccc1. The Labute approximate surface area is 152 Å². The number of aryl methyl sites for hydroxylation is 1. The minimum Gasteiger partial charge on any atom is -0.508 e. The number of benzene rings is 2. The lowest BCUT2D eigenvalue weighted by Gasteiger charge is -2.20. The number of amides is 1. The highest BCUT2D eigenvalue weighted by atomic mass is 16.3. The third-order valence-corrected chi connectivity index (χ3v) is 3.75. The Balaban J connectivity index is 2.17. The number of carbonyl (C=O) groups excluding carboxylic acids is 1. The standard InChI is InChI=1S/C20H21N3O3/c1-15-11-18(25)7-8-19(15)22-20(26)17(12-21)14-23(9-10-24)13-16-5-3-2-4-6-16/h2-8,11,14,24-25H,9-10,13H2,1H3,(H,22,26)/b17-14-. The molecule has 1 amide bonds. The second-order valence-electron chi connectivity index (χ2n) is 5.79. The van der Waals surface area contributed by atoms with Crippen molar-refractivity contribution in [1.82, 2.24) is 4.90 Å². The number of carbonyl (C=O) groups is 1. The molecule has 0 fully saturated rings. The van der Waals surface area contributed by atoms with Crippen LogP contribution in [-0.4, -0.2) is 34.2 Å². The Kier molecular flexibility index (Phi) is 6.77. The molecule has 0 spiro atoms. The normalized spacial score (nSPS) is 10.9. The second-order valence-corrected chi connectivity index (χ2v) is 5.79. The summed E-state index contributed by atoms with van der Waals surface area (Å²) >= 11 is 0. The summed E-state index contributed by atoms with van der Waals surface area (Å²) in [5.41, 5.74) is 2.14. The number of aliphatic hydroxyl groups is 1. The number of nitriles is 1. The molecule has 0 atom stereocenters. The van der Waals surface area contributed by atoms with Gasteiger partial charge in [-0.15, -0.1) is 0 Å². The zero-order valence-electron chi connectivity index (χ0n) is 14.5. The van der Waals surface area contributed by atoms with E-state index in [4.69, 9.17) is 0 Å². The molecule has 134 valence electrons. The predicted molar refractivity (Wildman–Crippen MR) is 99.1 cm³/mol. The Morgan fingerprint density at radius 3 is 2.62 bits per heavy atom. The molecule has 26 heavy (non-hydrogen) atoms. The van der Waals surface area contributed by atoms with Gasteiger partial charge in [0.2, 0.25) is 0 Å². The highest BCUT2D eigenvalue weighted by molar-refractivity contribution is 6.06. The fourth-order valence-corrected chi connectivity index (χ4v) is 2.43. The summed E-state index contributed by atoms with van der Waals surface area (Å²) in [6.45, 7) is 2.42. The molecule has 0 aromatic heterocycles. The first-order chi connectivity index (χ1) is 12.5. The molecule has 0 saturated carbocycles. The van der Waals surface area contributed by atoms with Crippen LogP contribution in [0.3, 0.4) is 0 Å². The van der Waals surface area contributed by atoms with Gasteiger partial charge in [-0.2, -0.15) is 5.26 Å². The highest BCUT2D eigenvalue weighted by Gasteiger charge is 2.13. The minimum atomic E-state index is -0.544. The smallest absolute Gasteiger partial charge is 0.267 e. The van der Waals surface area contributed by atoms with Crippen LogP contribution in [0.15, 0.2) is 60.3 Å². The number of phenolic OH excluding ortho intramolecular Hbond substituents is 1. The molecule has 0 aliphatic carbocycles. The van der Waals surface area contributed by atoms with Gasteiger partial charge in [-0.1, -0.05) is 30.3 Å². The van der Waals surface area contributed by atoms with Crippen LogP contribution in [0.2, 0.25) is 0 Å². The van der Waals surface area contributed by atoms with Crippen LogP contribution in [-0.2, 0) is 11.3 Å². The van der Waals surface area contributed by atoms with Gasteiger partial charge in [0.15, 0.2) is 0 Å². The van der Waals surface area contributed by atoms with E-state index in [0.29, 0.717) is 24.3 Å². The van der Waals surface area contributed by atoms with Gasteiger partial charge in [-0.25, -0.2) is 0 Å². The van der Waals surface area contributed by atoms with Gasteiger partial charge in [0.25, 0.3) is 5.91 Å². The molecule has 2 aromatic rings. The number of aliphatic hydroxyl groups excluding tert-OH is 1. The quantitative estimate of drug-likeness (QED) is 0.405. The van der Waals surface area contributed by atoms with Crippen LogP contribution in [0.4, 0.5) is 5.69 Å². The molecule has 0 heterocycles. The Hall–Kier alpha value is -3.30. The summed E-state index contributed by atoms with van der Waals surface area (Å²) in [5, 5.41) is 30.7. The van der Waals surface area contributed by atoms with Crippen molar-refractivity contribution >= 4 is 11.6 Å². The zero-order valence-corrected chi connectivity index (χ0v) is 14.5. The summed E-state index contributed by atoms with van der Waals surface area (Å²) in [5.74, 6) is -0.439. The number of hydrogen-bond acceptors (Lipinski definition) is 5. The van der Waals surface area contributed by atoms with Crippen molar-refractivity contribution in [1.29, 1.82) is 5.26 Å². The molecular weight excluding hydrogens is 330 g/mol. The molecule has 0 unspecified atom stereocenters. The number of anilines is 1. The third kappa shape index (κ3) is 5.36. The largest absolute Gasteiger partial charge is 0.508 e. The molecule has 6 nitrogen and oxygen atoms in total. The van der Waals surface area contributed by atoms with Crippen molar-refractivity contribution in [3.63, 3.8) is 0 Å². The number of rotatable bonds is 7. The maximum Gasteiger partial charge on any atom is 0.267 e. The topological polar surface area (TPSA) is 96.6 Å². The average molecular weight is 351 g/mol. The molecule has 6 heteroatoms. The van der Waals surface area contributed by atoms with Crippen LogP contribution in [0.25, 0.3) is 0 Å². The van der Waals surface area contributed by atoms with Crippen molar-refractivity contribution in [2.45, 2.75) is 13.5 Å². The van der Waals surface area contributed by atoms with Crippen molar-refractivity contribution < 1.29 is 15.0 Å². The van der Waals surface area contributed by atoms with E-state index >= 15 is 0 Å². The lowest BCUT2D eigenvalue weighted by molar-refractivity contribution is -0.112. The van der Waals surface area contributed by atoms with Crippen LogP contribution in [0.5, 0.6) is 5.75 Å². The number of hydrogen-bond donors (Lipinski definition) is 3. The van der Waals surface area contributed by atoms with E-state index in [1.165, 1.54) is 18.3 Å². The van der Waals surface area contributed by atoms with E-state index in [2.05, 4.69) is 5.32 Å². The fourth-order valence-electron chi connectivity index (χ4n) is 2.43. The zero-order chi connectivity index (χ0) is 18.9. The second kappa shape index (κ2) is 9.25. The van der Waals surface area contributed by atoms with Crippen LogP contribution in [0, 0.1) is 18.3 Å². The number of nitrogens with one attached hydrogen (secondary N) is 1. The highest BCUT2D eigenvalue weighted by Crippen LogP contribution is 2.20. The van der Waals surface area contributed by atoms with Crippen molar-refractivity contribution in [3.05, 3.63) is 71.4 Å². The van der Waals surface area contributed by atoms with Crippen LogP contribution in [0.1, 0.15) is 11.1 Å². The first-order valence-electron chi connectivity index (χ1n) is 8.15. The van der Waals surface area contributed by atoms with E-state index in [0.717, 1.165) is 5.56 Å². The molecule has 2 rings (SSSR count). The van der Waals surface area contributed by atoms with E-state index in [-0.39, 0.29) is 17.9 Å². The summed E-state index contributed by atoms with van der Waals surface area (Å²) in [4.78, 5) is 14.1. The van der Waals surface area contributed by atoms with E-state index < -0.39 is 5.91 Å². The first-order valence-corrected chi connectivity index (χ1v) is 8.15. The maximum atomic E-state index is 12.4. The summed E-state index contributed by atoms with van der Waals surface area (Å²) in [7, 11) is 0. The summed E-state index contributed by atoms with van der Waals surface area (Å²) in [6.07, 6.45) is 1.45. The van der Waals surface area contributed by atoms with E-state index in [1.54, 1.807) is 17.9 Å². The molecular formula is C20H21N3O3.